The zero-order valence-corrected chi connectivity index (χ0v) is 23.4. The Kier molecular flexibility index (Phi) is 7.14. The number of aryl methyl sites for hydroxylation is 1. The Hall–Kier alpha value is -4.35. The molecule has 5 aromatic rings. The van der Waals surface area contributed by atoms with E-state index in [4.69, 9.17) is 10.2 Å². The van der Waals surface area contributed by atoms with Gasteiger partial charge in [-0.25, -0.2) is 9.37 Å². The highest BCUT2D eigenvalue weighted by Gasteiger charge is 2.33. The Morgan fingerprint density at radius 2 is 1.98 bits per heavy atom. The van der Waals surface area contributed by atoms with Crippen LogP contribution in [-0.2, 0) is 12.0 Å². The summed E-state index contributed by atoms with van der Waals surface area (Å²) in [6, 6.07) is 11.5. The summed E-state index contributed by atoms with van der Waals surface area (Å²) in [6.07, 6.45) is 6.98. The molecule has 1 aliphatic rings. The number of amides is 1. The Morgan fingerprint density at radius 3 is 2.71 bits per heavy atom. The van der Waals surface area contributed by atoms with E-state index in [-0.39, 0.29) is 29.5 Å². The van der Waals surface area contributed by atoms with Gasteiger partial charge in [0.1, 0.15) is 10.8 Å². The molecule has 0 saturated carbocycles. The lowest BCUT2D eigenvalue weighted by atomic mass is 9.94. The number of carbonyl (C=O) groups is 1. The molecule has 2 atom stereocenters. The maximum atomic E-state index is 13.9. The molecule has 0 aliphatic carbocycles. The van der Waals surface area contributed by atoms with Crippen LogP contribution in [0.4, 0.5) is 4.39 Å². The van der Waals surface area contributed by atoms with E-state index in [0.717, 1.165) is 29.1 Å². The lowest BCUT2D eigenvalue weighted by Gasteiger charge is -2.23. The molecule has 6 rings (SSSR count). The first-order chi connectivity index (χ1) is 19.8. The Labute approximate surface area is 240 Å². The van der Waals surface area contributed by atoms with E-state index in [1.807, 2.05) is 29.3 Å². The second-order valence-electron chi connectivity index (χ2n) is 10.5. The van der Waals surface area contributed by atoms with E-state index in [1.54, 1.807) is 55.1 Å². The molecule has 2 aromatic carbocycles. The third-order valence-electron chi connectivity index (χ3n) is 7.12. The first kappa shape index (κ1) is 26.9. The SMILES string of the molecule is Cc1csc([C@H]2CCCN2C(=O)c2cc(-c3cnccn3)cc(-c3nnc([C@@](C)(N)Cc4ccc(F)cc4)o3)c2)n1. The average molecular weight is 570 g/mol. The van der Waals surface area contributed by atoms with Crippen LogP contribution < -0.4 is 5.73 Å². The summed E-state index contributed by atoms with van der Waals surface area (Å²) in [6.45, 7) is 4.39. The average Bonchev–Trinajstić information content (AvgIpc) is 3.75. The molecule has 1 aliphatic heterocycles. The van der Waals surface area contributed by atoms with Crippen molar-refractivity contribution in [3.8, 4) is 22.7 Å². The number of rotatable bonds is 7. The molecule has 3 aromatic heterocycles. The van der Waals surface area contributed by atoms with Gasteiger partial charge in [0, 0.05) is 46.7 Å². The number of aromatic nitrogens is 5. The molecule has 9 nitrogen and oxygen atoms in total. The summed E-state index contributed by atoms with van der Waals surface area (Å²) >= 11 is 1.58. The minimum atomic E-state index is -1.00. The van der Waals surface area contributed by atoms with Gasteiger partial charge in [-0.1, -0.05) is 12.1 Å². The van der Waals surface area contributed by atoms with Crippen LogP contribution in [0.1, 0.15) is 58.3 Å². The fraction of sp³-hybridized carbons (Fsp3) is 0.267. The van der Waals surface area contributed by atoms with Crippen molar-refractivity contribution in [2.45, 2.75) is 44.7 Å². The quantitative estimate of drug-likeness (QED) is 0.273. The predicted octanol–water partition coefficient (Wildman–Crippen LogP) is 5.49. The normalized spacial score (nSPS) is 16.6. The number of benzene rings is 2. The van der Waals surface area contributed by atoms with E-state index in [2.05, 4.69) is 25.1 Å². The number of carbonyl (C=O) groups excluding carboxylic acids is 1. The second kappa shape index (κ2) is 10.9. The lowest BCUT2D eigenvalue weighted by molar-refractivity contribution is 0.0735. The van der Waals surface area contributed by atoms with Gasteiger partial charge >= 0.3 is 0 Å². The van der Waals surface area contributed by atoms with Gasteiger partial charge in [0.2, 0.25) is 11.8 Å². The Bertz CT molecular complexity index is 1680. The molecule has 0 bridgehead atoms. The third-order valence-corrected chi connectivity index (χ3v) is 8.18. The molecular weight excluding hydrogens is 541 g/mol. The van der Waals surface area contributed by atoms with Crippen LogP contribution in [0.3, 0.4) is 0 Å². The first-order valence-electron chi connectivity index (χ1n) is 13.3. The van der Waals surface area contributed by atoms with Crippen molar-refractivity contribution in [2.75, 3.05) is 6.54 Å². The zero-order valence-electron chi connectivity index (χ0n) is 22.6. The van der Waals surface area contributed by atoms with Gasteiger partial charge in [0.25, 0.3) is 5.91 Å². The molecule has 1 saturated heterocycles. The smallest absolute Gasteiger partial charge is 0.254 e. The van der Waals surface area contributed by atoms with Gasteiger partial charge in [0.05, 0.1) is 23.5 Å². The van der Waals surface area contributed by atoms with Crippen LogP contribution in [-0.4, -0.2) is 42.5 Å². The van der Waals surface area contributed by atoms with E-state index in [1.165, 1.54) is 12.1 Å². The van der Waals surface area contributed by atoms with Crippen LogP contribution in [0.25, 0.3) is 22.7 Å². The Balaban J connectivity index is 1.35. The summed E-state index contributed by atoms with van der Waals surface area (Å²) in [5, 5.41) is 11.5. The van der Waals surface area contributed by atoms with E-state index >= 15 is 0 Å². The number of nitrogens with two attached hydrogens (primary N) is 1. The van der Waals surface area contributed by atoms with Crippen molar-refractivity contribution in [3.05, 3.63) is 100.0 Å². The highest BCUT2D eigenvalue weighted by molar-refractivity contribution is 7.09. The largest absolute Gasteiger partial charge is 0.419 e. The van der Waals surface area contributed by atoms with Gasteiger partial charge in [-0.15, -0.1) is 21.5 Å². The van der Waals surface area contributed by atoms with Crippen LogP contribution in [0.5, 0.6) is 0 Å². The molecule has 208 valence electrons. The van der Waals surface area contributed by atoms with Crippen molar-refractivity contribution in [3.63, 3.8) is 0 Å². The zero-order chi connectivity index (χ0) is 28.6. The summed E-state index contributed by atoms with van der Waals surface area (Å²) in [5.74, 6) is 0.0346. The molecule has 11 heteroatoms. The summed E-state index contributed by atoms with van der Waals surface area (Å²) in [5.41, 5.74) is 9.71. The first-order valence-corrected chi connectivity index (χ1v) is 14.2. The number of halogens is 1. The molecule has 0 unspecified atom stereocenters. The number of hydrogen-bond acceptors (Lipinski definition) is 9. The predicted molar refractivity (Wildman–Crippen MR) is 152 cm³/mol. The lowest BCUT2D eigenvalue weighted by Crippen LogP contribution is -2.35. The van der Waals surface area contributed by atoms with Crippen LogP contribution in [0.15, 0.2) is 70.9 Å². The van der Waals surface area contributed by atoms with Crippen LogP contribution >= 0.6 is 11.3 Å². The summed E-state index contributed by atoms with van der Waals surface area (Å²) in [4.78, 5) is 29.1. The molecular formula is C30H28FN7O2S. The molecule has 2 N–H and O–H groups in total. The fourth-order valence-electron chi connectivity index (χ4n) is 5.10. The number of thiazole rings is 1. The van der Waals surface area contributed by atoms with Crippen molar-refractivity contribution in [1.82, 2.24) is 30.0 Å². The van der Waals surface area contributed by atoms with Crippen molar-refractivity contribution < 1.29 is 13.6 Å². The molecule has 1 fully saturated rings. The second-order valence-corrected chi connectivity index (χ2v) is 11.4. The highest BCUT2D eigenvalue weighted by Crippen LogP contribution is 2.36. The monoisotopic (exact) mass is 569 g/mol. The maximum absolute atomic E-state index is 13.9. The maximum Gasteiger partial charge on any atom is 0.254 e. The van der Waals surface area contributed by atoms with Gasteiger partial charge in [-0.05, 0) is 69.0 Å². The molecule has 0 spiro atoms. The number of nitrogens with zero attached hydrogens (tertiary/aromatic N) is 6. The van der Waals surface area contributed by atoms with E-state index < -0.39 is 5.54 Å². The topological polar surface area (TPSA) is 124 Å². The molecule has 0 radical (unpaired) electrons. The van der Waals surface area contributed by atoms with Crippen molar-refractivity contribution in [2.24, 2.45) is 5.73 Å². The van der Waals surface area contributed by atoms with Crippen LogP contribution in [0, 0.1) is 12.7 Å². The fourth-order valence-corrected chi connectivity index (χ4v) is 6.04. The summed E-state index contributed by atoms with van der Waals surface area (Å²) < 4.78 is 19.5. The van der Waals surface area contributed by atoms with Gasteiger partial charge < -0.3 is 15.1 Å². The van der Waals surface area contributed by atoms with Gasteiger partial charge in [-0.3, -0.25) is 14.8 Å². The molecule has 4 heterocycles. The van der Waals surface area contributed by atoms with Crippen molar-refractivity contribution in [1.29, 1.82) is 0 Å². The van der Waals surface area contributed by atoms with Gasteiger partial charge in [0.15, 0.2) is 0 Å². The Morgan fingerprint density at radius 1 is 1.17 bits per heavy atom. The number of hydrogen-bond donors (Lipinski definition) is 1. The van der Waals surface area contributed by atoms with E-state index in [0.29, 0.717) is 35.3 Å². The molecule has 41 heavy (non-hydrogen) atoms. The standard InChI is InChI=1S/C30H28FN7O2S/c1-18-17-41-27(35-18)25-4-3-11-38(25)28(39)22-13-20(24-16-33-9-10-34-24)12-21(14-22)26-36-37-29(40-26)30(2,32)15-19-5-7-23(31)8-6-19/h5-10,12-14,16-17,25H,3-4,11,15,32H2,1-2H3/t25-,30+/m1/s1. The summed E-state index contributed by atoms with van der Waals surface area (Å²) in [7, 11) is 0. The van der Waals surface area contributed by atoms with E-state index in [9.17, 15) is 9.18 Å². The minimum Gasteiger partial charge on any atom is -0.419 e. The molecule has 1 amide bonds. The van der Waals surface area contributed by atoms with Gasteiger partial charge in [-0.2, -0.15) is 0 Å². The van der Waals surface area contributed by atoms with Crippen molar-refractivity contribution >= 4 is 17.2 Å². The van der Waals surface area contributed by atoms with Crippen LogP contribution in [0.2, 0.25) is 0 Å². The number of likely N-dealkylation sites (tertiary alicyclic amines) is 1. The third kappa shape index (κ3) is 5.63. The minimum absolute atomic E-state index is 0.0655. The highest BCUT2D eigenvalue weighted by atomic mass is 32.1.